The van der Waals surface area contributed by atoms with Crippen LogP contribution in [0.25, 0.3) is 0 Å². The lowest BCUT2D eigenvalue weighted by Gasteiger charge is -2.27. The standard InChI is InChI=1S/C15H25NO2/c1-6-9-16-14(15(17-4)18-5)13-8-7-11(2)10-12(13)3/h7-8,10,14-16H,6,9H2,1-5H3. The number of ether oxygens (including phenoxy) is 2. The molecular weight excluding hydrogens is 226 g/mol. The van der Waals surface area contributed by atoms with Crippen LogP contribution in [0.5, 0.6) is 0 Å². The summed E-state index contributed by atoms with van der Waals surface area (Å²) in [6.07, 6.45) is 0.819. The first-order chi connectivity index (χ1) is 8.63. The molecule has 3 heteroatoms. The van der Waals surface area contributed by atoms with Crippen LogP contribution < -0.4 is 5.32 Å². The second-order valence-corrected chi connectivity index (χ2v) is 4.63. The van der Waals surface area contributed by atoms with E-state index in [1.807, 2.05) is 0 Å². The number of nitrogens with one attached hydrogen (secondary N) is 1. The zero-order valence-corrected chi connectivity index (χ0v) is 12.1. The van der Waals surface area contributed by atoms with Crippen molar-refractivity contribution in [2.75, 3.05) is 20.8 Å². The van der Waals surface area contributed by atoms with Gasteiger partial charge < -0.3 is 14.8 Å². The van der Waals surface area contributed by atoms with Gasteiger partial charge in [0.1, 0.15) is 0 Å². The summed E-state index contributed by atoms with van der Waals surface area (Å²) in [4.78, 5) is 0. The molecule has 0 saturated carbocycles. The molecule has 1 aromatic rings. The minimum atomic E-state index is -0.266. The van der Waals surface area contributed by atoms with Crippen LogP contribution in [0.4, 0.5) is 0 Å². The van der Waals surface area contributed by atoms with Crippen molar-refractivity contribution in [3.05, 3.63) is 34.9 Å². The van der Waals surface area contributed by atoms with E-state index in [-0.39, 0.29) is 12.3 Å². The number of rotatable bonds is 7. The monoisotopic (exact) mass is 251 g/mol. The van der Waals surface area contributed by atoms with E-state index in [0.717, 1.165) is 13.0 Å². The summed E-state index contributed by atoms with van der Waals surface area (Å²) in [6.45, 7) is 7.34. The molecule has 1 rings (SSSR count). The number of hydrogen-bond donors (Lipinski definition) is 1. The Morgan fingerprint density at radius 1 is 1.17 bits per heavy atom. The van der Waals surface area contributed by atoms with Gasteiger partial charge in [-0.1, -0.05) is 30.7 Å². The lowest BCUT2D eigenvalue weighted by molar-refractivity contribution is -0.124. The van der Waals surface area contributed by atoms with E-state index in [4.69, 9.17) is 9.47 Å². The third-order valence-corrected chi connectivity index (χ3v) is 3.11. The molecule has 0 aliphatic heterocycles. The summed E-state index contributed by atoms with van der Waals surface area (Å²) >= 11 is 0. The Labute approximate surface area is 110 Å². The Kier molecular flexibility index (Phi) is 6.33. The Morgan fingerprint density at radius 3 is 2.33 bits per heavy atom. The first-order valence-corrected chi connectivity index (χ1v) is 6.50. The van der Waals surface area contributed by atoms with Crippen LogP contribution in [0.2, 0.25) is 0 Å². The molecule has 0 aliphatic carbocycles. The molecule has 1 atom stereocenters. The van der Waals surface area contributed by atoms with Gasteiger partial charge in [0.2, 0.25) is 0 Å². The highest BCUT2D eigenvalue weighted by molar-refractivity contribution is 5.33. The van der Waals surface area contributed by atoms with E-state index in [9.17, 15) is 0 Å². The summed E-state index contributed by atoms with van der Waals surface area (Å²) in [5.41, 5.74) is 3.78. The van der Waals surface area contributed by atoms with Crippen LogP contribution in [0.15, 0.2) is 18.2 Å². The number of benzene rings is 1. The van der Waals surface area contributed by atoms with Gasteiger partial charge in [-0.3, -0.25) is 0 Å². The minimum absolute atomic E-state index is 0.0700. The second-order valence-electron chi connectivity index (χ2n) is 4.63. The number of methoxy groups -OCH3 is 2. The normalized spacial score (nSPS) is 13.0. The number of aryl methyl sites for hydroxylation is 2. The molecule has 102 valence electrons. The molecule has 18 heavy (non-hydrogen) atoms. The van der Waals surface area contributed by atoms with Crippen molar-refractivity contribution < 1.29 is 9.47 Å². The third kappa shape index (κ3) is 3.80. The van der Waals surface area contributed by atoms with Crippen molar-refractivity contribution >= 4 is 0 Å². The van der Waals surface area contributed by atoms with Crippen LogP contribution in [0.1, 0.15) is 36.1 Å². The first-order valence-electron chi connectivity index (χ1n) is 6.50. The Morgan fingerprint density at radius 2 is 1.83 bits per heavy atom. The topological polar surface area (TPSA) is 30.5 Å². The lowest BCUT2D eigenvalue weighted by atomic mass is 9.98. The van der Waals surface area contributed by atoms with Crippen molar-refractivity contribution in [1.29, 1.82) is 0 Å². The van der Waals surface area contributed by atoms with E-state index in [1.165, 1.54) is 16.7 Å². The average Bonchev–Trinajstić information content (AvgIpc) is 2.35. The van der Waals surface area contributed by atoms with Crippen molar-refractivity contribution in [3.8, 4) is 0 Å². The van der Waals surface area contributed by atoms with Crippen LogP contribution >= 0.6 is 0 Å². The summed E-state index contributed by atoms with van der Waals surface area (Å²) < 4.78 is 10.8. The predicted molar refractivity (Wildman–Crippen MR) is 74.8 cm³/mol. The fourth-order valence-electron chi connectivity index (χ4n) is 2.20. The molecule has 0 amide bonds. The van der Waals surface area contributed by atoms with E-state index >= 15 is 0 Å². The molecular formula is C15H25NO2. The maximum Gasteiger partial charge on any atom is 0.176 e. The maximum atomic E-state index is 5.41. The summed E-state index contributed by atoms with van der Waals surface area (Å²) in [5, 5.41) is 3.50. The molecule has 0 fully saturated rings. The fourth-order valence-corrected chi connectivity index (χ4v) is 2.20. The molecule has 0 saturated heterocycles. The van der Waals surface area contributed by atoms with Gasteiger partial charge in [-0.15, -0.1) is 0 Å². The molecule has 0 aliphatic rings. The van der Waals surface area contributed by atoms with Crippen molar-refractivity contribution in [2.45, 2.75) is 39.5 Å². The van der Waals surface area contributed by atoms with Gasteiger partial charge in [0, 0.05) is 14.2 Å². The molecule has 0 bridgehead atoms. The van der Waals surface area contributed by atoms with Gasteiger partial charge in [-0.25, -0.2) is 0 Å². The van der Waals surface area contributed by atoms with Gasteiger partial charge in [0.25, 0.3) is 0 Å². The Balaban J connectivity index is 3.00. The molecule has 0 spiro atoms. The fraction of sp³-hybridized carbons (Fsp3) is 0.600. The second kappa shape index (κ2) is 7.52. The molecule has 1 N–H and O–H groups in total. The molecule has 0 radical (unpaired) electrons. The average molecular weight is 251 g/mol. The Hall–Kier alpha value is -0.900. The highest BCUT2D eigenvalue weighted by atomic mass is 16.7. The molecule has 1 aromatic carbocycles. The van der Waals surface area contributed by atoms with Gasteiger partial charge in [0.15, 0.2) is 6.29 Å². The van der Waals surface area contributed by atoms with E-state index < -0.39 is 0 Å². The smallest absolute Gasteiger partial charge is 0.176 e. The van der Waals surface area contributed by atoms with Crippen LogP contribution in [0.3, 0.4) is 0 Å². The summed E-state index contributed by atoms with van der Waals surface area (Å²) in [5.74, 6) is 0. The summed E-state index contributed by atoms with van der Waals surface area (Å²) in [7, 11) is 3.36. The summed E-state index contributed by atoms with van der Waals surface area (Å²) in [6, 6.07) is 6.55. The number of hydrogen-bond acceptors (Lipinski definition) is 3. The molecule has 1 unspecified atom stereocenters. The predicted octanol–water partition coefficient (Wildman–Crippen LogP) is 2.96. The van der Waals surface area contributed by atoms with Crippen molar-refractivity contribution in [1.82, 2.24) is 5.32 Å². The van der Waals surface area contributed by atoms with Crippen molar-refractivity contribution in [3.63, 3.8) is 0 Å². The SMILES string of the molecule is CCCNC(c1ccc(C)cc1C)C(OC)OC. The molecule has 0 heterocycles. The van der Waals surface area contributed by atoms with Crippen molar-refractivity contribution in [2.24, 2.45) is 0 Å². The highest BCUT2D eigenvalue weighted by Crippen LogP contribution is 2.24. The zero-order chi connectivity index (χ0) is 13.5. The molecule has 3 nitrogen and oxygen atoms in total. The Bertz CT molecular complexity index is 362. The van der Waals surface area contributed by atoms with E-state index in [0.29, 0.717) is 0 Å². The van der Waals surface area contributed by atoms with E-state index in [1.54, 1.807) is 14.2 Å². The largest absolute Gasteiger partial charge is 0.354 e. The zero-order valence-electron chi connectivity index (χ0n) is 12.1. The van der Waals surface area contributed by atoms with Gasteiger partial charge in [-0.2, -0.15) is 0 Å². The first kappa shape index (κ1) is 15.2. The minimum Gasteiger partial charge on any atom is -0.354 e. The van der Waals surface area contributed by atoms with Gasteiger partial charge in [0.05, 0.1) is 6.04 Å². The highest BCUT2D eigenvalue weighted by Gasteiger charge is 2.23. The van der Waals surface area contributed by atoms with Crippen LogP contribution in [0, 0.1) is 13.8 Å². The maximum absolute atomic E-state index is 5.41. The van der Waals surface area contributed by atoms with E-state index in [2.05, 4.69) is 44.3 Å². The quantitative estimate of drug-likeness (QED) is 0.756. The lowest BCUT2D eigenvalue weighted by Crippen LogP contribution is -2.35. The van der Waals surface area contributed by atoms with Gasteiger partial charge >= 0.3 is 0 Å². The molecule has 0 aromatic heterocycles. The third-order valence-electron chi connectivity index (χ3n) is 3.11. The van der Waals surface area contributed by atoms with Gasteiger partial charge in [-0.05, 0) is 37.9 Å². The van der Waals surface area contributed by atoms with Crippen LogP contribution in [-0.2, 0) is 9.47 Å². The van der Waals surface area contributed by atoms with Crippen LogP contribution in [-0.4, -0.2) is 27.1 Å².